The molecule has 1 unspecified atom stereocenters. The molecule has 1 atom stereocenters. The number of aryl methyl sites for hydroxylation is 2. The molecule has 1 nitrogen and oxygen atoms in total. The van der Waals surface area contributed by atoms with Crippen molar-refractivity contribution in [3.05, 3.63) is 57.0 Å². The minimum Gasteiger partial charge on any atom is -0.306 e. The van der Waals surface area contributed by atoms with Crippen molar-refractivity contribution in [1.29, 1.82) is 0 Å². The van der Waals surface area contributed by atoms with Gasteiger partial charge in [-0.2, -0.15) is 0 Å². The molecule has 1 aromatic heterocycles. The van der Waals surface area contributed by atoms with Gasteiger partial charge in [0.25, 0.3) is 0 Å². The first-order chi connectivity index (χ1) is 9.13. The summed E-state index contributed by atoms with van der Waals surface area (Å²) in [5, 5.41) is 5.63. The summed E-state index contributed by atoms with van der Waals surface area (Å²) in [5.41, 5.74) is 3.42. The maximum atomic E-state index is 13.5. The number of hydrogen-bond donors (Lipinski definition) is 1. The van der Waals surface area contributed by atoms with E-state index in [1.54, 1.807) is 17.4 Å². The highest BCUT2D eigenvalue weighted by atomic mass is 32.1. The summed E-state index contributed by atoms with van der Waals surface area (Å²) >= 11 is 1.74. The zero-order chi connectivity index (χ0) is 13.8. The van der Waals surface area contributed by atoms with Crippen LogP contribution in [0.15, 0.2) is 29.6 Å². The van der Waals surface area contributed by atoms with E-state index in [4.69, 9.17) is 0 Å². The van der Waals surface area contributed by atoms with Crippen molar-refractivity contribution in [2.45, 2.75) is 33.2 Å². The first-order valence-corrected chi connectivity index (χ1v) is 7.55. The fourth-order valence-electron chi connectivity index (χ4n) is 2.29. The van der Waals surface area contributed by atoms with Gasteiger partial charge in [0.15, 0.2) is 0 Å². The summed E-state index contributed by atoms with van der Waals surface area (Å²) in [6.45, 7) is 7.23. The Morgan fingerprint density at radius 3 is 2.63 bits per heavy atom. The van der Waals surface area contributed by atoms with Crippen molar-refractivity contribution < 1.29 is 4.39 Å². The second-order valence-corrected chi connectivity index (χ2v) is 5.94. The SMILES string of the molecule is CCCNC(c1cc(F)ccc1C)c1ccsc1C. The second kappa shape index (κ2) is 6.31. The normalized spacial score (nSPS) is 12.6. The number of rotatable bonds is 5. The quantitative estimate of drug-likeness (QED) is 0.842. The lowest BCUT2D eigenvalue weighted by molar-refractivity contribution is 0.582. The summed E-state index contributed by atoms with van der Waals surface area (Å²) in [4.78, 5) is 1.29. The highest BCUT2D eigenvalue weighted by Crippen LogP contribution is 2.30. The van der Waals surface area contributed by atoms with Crippen LogP contribution in [-0.4, -0.2) is 6.54 Å². The van der Waals surface area contributed by atoms with Crippen molar-refractivity contribution in [2.75, 3.05) is 6.54 Å². The van der Waals surface area contributed by atoms with Gasteiger partial charge >= 0.3 is 0 Å². The second-order valence-electron chi connectivity index (χ2n) is 4.82. The minimum atomic E-state index is -0.170. The molecule has 1 N–H and O–H groups in total. The molecule has 0 saturated carbocycles. The predicted octanol–water partition coefficient (Wildman–Crippen LogP) is 4.59. The molecule has 0 aliphatic rings. The van der Waals surface area contributed by atoms with Crippen LogP contribution >= 0.6 is 11.3 Å². The first-order valence-electron chi connectivity index (χ1n) is 6.67. The van der Waals surface area contributed by atoms with Gasteiger partial charge in [-0.3, -0.25) is 0 Å². The van der Waals surface area contributed by atoms with Crippen LogP contribution in [0.25, 0.3) is 0 Å². The molecular formula is C16H20FNS. The molecule has 19 heavy (non-hydrogen) atoms. The van der Waals surface area contributed by atoms with E-state index in [1.165, 1.54) is 16.5 Å². The summed E-state index contributed by atoms with van der Waals surface area (Å²) in [6, 6.07) is 7.25. The van der Waals surface area contributed by atoms with Crippen LogP contribution in [0.3, 0.4) is 0 Å². The molecule has 2 rings (SSSR count). The average molecular weight is 277 g/mol. The fraction of sp³-hybridized carbons (Fsp3) is 0.375. The van der Waals surface area contributed by atoms with Gasteiger partial charge in [0.2, 0.25) is 0 Å². The maximum Gasteiger partial charge on any atom is 0.123 e. The molecule has 0 amide bonds. The zero-order valence-corrected chi connectivity index (χ0v) is 12.5. The third kappa shape index (κ3) is 3.23. The third-order valence-corrected chi connectivity index (χ3v) is 4.22. The summed E-state index contributed by atoms with van der Waals surface area (Å²) in [5.74, 6) is -0.170. The fourth-order valence-corrected chi connectivity index (χ4v) is 3.03. The Morgan fingerprint density at radius 1 is 1.21 bits per heavy atom. The van der Waals surface area contributed by atoms with Gasteiger partial charge in [0.05, 0.1) is 6.04 Å². The Morgan fingerprint density at radius 2 is 2.00 bits per heavy atom. The van der Waals surface area contributed by atoms with Crippen molar-refractivity contribution in [3.63, 3.8) is 0 Å². The molecule has 0 saturated heterocycles. The van der Waals surface area contributed by atoms with E-state index < -0.39 is 0 Å². The van der Waals surface area contributed by atoms with Crippen LogP contribution in [0.4, 0.5) is 4.39 Å². The molecule has 2 aromatic rings. The lowest BCUT2D eigenvalue weighted by Gasteiger charge is -2.21. The van der Waals surface area contributed by atoms with Gasteiger partial charge in [0.1, 0.15) is 5.82 Å². The molecule has 0 bridgehead atoms. The Kier molecular flexibility index (Phi) is 4.72. The van der Waals surface area contributed by atoms with Crippen LogP contribution in [-0.2, 0) is 0 Å². The molecule has 0 fully saturated rings. The topological polar surface area (TPSA) is 12.0 Å². The molecule has 102 valence electrons. The molecular weight excluding hydrogens is 257 g/mol. The van der Waals surface area contributed by atoms with Gasteiger partial charge in [-0.25, -0.2) is 4.39 Å². The van der Waals surface area contributed by atoms with Crippen molar-refractivity contribution >= 4 is 11.3 Å². The van der Waals surface area contributed by atoms with Crippen LogP contribution < -0.4 is 5.32 Å². The Labute approximate surface area is 118 Å². The van der Waals surface area contributed by atoms with E-state index in [1.807, 2.05) is 13.0 Å². The van der Waals surface area contributed by atoms with E-state index in [2.05, 4.69) is 30.6 Å². The van der Waals surface area contributed by atoms with E-state index in [9.17, 15) is 4.39 Å². The average Bonchev–Trinajstić information content (AvgIpc) is 2.80. The number of thiophene rings is 1. The van der Waals surface area contributed by atoms with Crippen molar-refractivity contribution in [3.8, 4) is 0 Å². The molecule has 1 heterocycles. The van der Waals surface area contributed by atoms with Gasteiger partial charge in [0, 0.05) is 4.88 Å². The summed E-state index contributed by atoms with van der Waals surface area (Å²) < 4.78 is 13.5. The Bertz CT molecular complexity index is 547. The van der Waals surface area contributed by atoms with Gasteiger partial charge in [-0.1, -0.05) is 13.0 Å². The lowest BCUT2D eigenvalue weighted by Crippen LogP contribution is -2.24. The van der Waals surface area contributed by atoms with E-state index in [0.29, 0.717) is 0 Å². The Balaban J connectivity index is 2.42. The highest BCUT2D eigenvalue weighted by molar-refractivity contribution is 7.10. The van der Waals surface area contributed by atoms with Gasteiger partial charge < -0.3 is 5.32 Å². The first kappa shape index (κ1) is 14.2. The van der Waals surface area contributed by atoms with Crippen LogP contribution in [0.2, 0.25) is 0 Å². The van der Waals surface area contributed by atoms with Crippen molar-refractivity contribution in [1.82, 2.24) is 5.32 Å². The lowest BCUT2D eigenvalue weighted by atomic mass is 9.95. The minimum absolute atomic E-state index is 0.0851. The number of halogens is 1. The van der Waals surface area contributed by atoms with Gasteiger partial charge in [-0.15, -0.1) is 11.3 Å². The third-order valence-electron chi connectivity index (χ3n) is 3.36. The summed E-state index contributed by atoms with van der Waals surface area (Å²) in [7, 11) is 0. The number of hydrogen-bond acceptors (Lipinski definition) is 2. The van der Waals surface area contributed by atoms with Crippen LogP contribution in [0.1, 0.15) is 41.0 Å². The molecule has 0 aliphatic heterocycles. The standard InChI is InChI=1S/C16H20FNS/c1-4-8-18-16(14-7-9-19-12(14)3)15-10-13(17)6-5-11(15)2/h5-7,9-10,16,18H,4,8H2,1-3H3. The number of nitrogens with one attached hydrogen (secondary N) is 1. The molecule has 0 spiro atoms. The number of benzene rings is 1. The monoisotopic (exact) mass is 277 g/mol. The molecule has 1 aromatic carbocycles. The highest BCUT2D eigenvalue weighted by Gasteiger charge is 2.18. The molecule has 3 heteroatoms. The van der Waals surface area contributed by atoms with Gasteiger partial charge in [-0.05, 0) is 67.1 Å². The molecule has 0 radical (unpaired) electrons. The smallest absolute Gasteiger partial charge is 0.123 e. The maximum absolute atomic E-state index is 13.5. The zero-order valence-electron chi connectivity index (χ0n) is 11.7. The largest absolute Gasteiger partial charge is 0.306 e. The van der Waals surface area contributed by atoms with Crippen molar-refractivity contribution in [2.24, 2.45) is 0 Å². The van der Waals surface area contributed by atoms with E-state index in [-0.39, 0.29) is 11.9 Å². The van der Waals surface area contributed by atoms with E-state index >= 15 is 0 Å². The van der Waals surface area contributed by atoms with E-state index in [0.717, 1.165) is 24.1 Å². The predicted molar refractivity (Wildman–Crippen MR) is 80.3 cm³/mol. The van der Waals surface area contributed by atoms with Crippen LogP contribution in [0, 0.1) is 19.7 Å². The molecule has 0 aliphatic carbocycles. The summed E-state index contributed by atoms with van der Waals surface area (Å²) in [6.07, 6.45) is 1.06. The Hall–Kier alpha value is -1.19. The van der Waals surface area contributed by atoms with Crippen LogP contribution in [0.5, 0.6) is 0 Å².